The van der Waals surface area contributed by atoms with Crippen molar-refractivity contribution in [1.29, 1.82) is 0 Å². The van der Waals surface area contributed by atoms with Gasteiger partial charge in [-0.05, 0) is 64.9 Å². The Balaban J connectivity index is 1.35. The van der Waals surface area contributed by atoms with Crippen molar-refractivity contribution in [2.45, 2.75) is 20.5 Å². The van der Waals surface area contributed by atoms with E-state index in [2.05, 4.69) is 13.8 Å². The Labute approximate surface area is 192 Å². The molecule has 3 nitrogen and oxygen atoms in total. The quantitative estimate of drug-likeness (QED) is 0.354. The number of hydrogen-bond donors (Lipinski definition) is 0. The van der Waals surface area contributed by atoms with Gasteiger partial charge in [-0.25, -0.2) is 4.39 Å². The van der Waals surface area contributed by atoms with E-state index in [9.17, 15) is 9.18 Å². The number of carbonyl (C=O) groups excluding carboxylic acids is 1. The van der Waals surface area contributed by atoms with Crippen LogP contribution in [0.2, 0.25) is 5.02 Å². The van der Waals surface area contributed by atoms with Crippen molar-refractivity contribution in [3.63, 3.8) is 0 Å². The third-order valence-corrected chi connectivity index (χ3v) is 6.23. The Bertz CT molecular complexity index is 1140. The predicted octanol–water partition coefficient (Wildman–Crippen LogP) is 7.30. The van der Waals surface area contributed by atoms with Crippen molar-refractivity contribution in [3.8, 4) is 11.5 Å². The van der Waals surface area contributed by atoms with Crippen LogP contribution < -0.4 is 4.74 Å². The fraction of sp³-hybridized carbons (Fsp3) is 0.222. The fourth-order valence-electron chi connectivity index (χ4n) is 3.89. The van der Waals surface area contributed by atoms with Crippen LogP contribution in [0.1, 0.15) is 25.0 Å². The normalized spacial score (nSPS) is 19.0. The first-order valence-corrected chi connectivity index (χ1v) is 10.8. The van der Waals surface area contributed by atoms with Crippen LogP contribution in [0.4, 0.5) is 4.39 Å². The van der Waals surface area contributed by atoms with Gasteiger partial charge < -0.3 is 9.47 Å². The molecule has 4 rings (SSSR count). The molecule has 0 spiro atoms. The van der Waals surface area contributed by atoms with Crippen LogP contribution in [0.3, 0.4) is 0 Å². The molecule has 1 aliphatic rings. The Kier molecular flexibility index (Phi) is 6.33. The van der Waals surface area contributed by atoms with Crippen LogP contribution in [0.25, 0.3) is 6.08 Å². The van der Waals surface area contributed by atoms with Crippen molar-refractivity contribution >= 4 is 23.6 Å². The molecule has 1 fully saturated rings. The zero-order valence-electron chi connectivity index (χ0n) is 17.9. The molecule has 32 heavy (non-hydrogen) atoms. The van der Waals surface area contributed by atoms with E-state index in [0.29, 0.717) is 16.5 Å². The van der Waals surface area contributed by atoms with E-state index in [1.54, 1.807) is 18.2 Å². The van der Waals surface area contributed by atoms with Crippen molar-refractivity contribution in [3.05, 3.63) is 101 Å². The number of carbonyl (C=O) groups is 1. The van der Waals surface area contributed by atoms with Crippen LogP contribution in [-0.4, -0.2) is 5.97 Å². The summed E-state index contributed by atoms with van der Waals surface area (Å²) in [4.78, 5) is 12.7. The molecule has 2 unspecified atom stereocenters. The largest absolute Gasteiger partial charge is 0.461 e. The van der Waals surface area contributed by atoms with Crippen molar-refractivity contribution in [2.75, 3.05) is 0 Å². The topological polar surface area (TPSA) is 35.5 Å². The van der Waals surface area contributed by atoms with Gasteiger partial charge in [0.05, 0.1) is 5.92 Å². The van der Waals surface area contributed by atoms with E-state index in [-0.39, 0.29) is 35.6 Å². The van der Waals surface area contributed by atoms with Gasteiger partial charge in [-0.15, -0.1) is 0 Å². The highest BCUT2D eigenvalue weighted by Gasteiger charge is 2.61. The van der Waals surface area contributed by atoms with E-state index in [0.717, 1.165) is 11.1 Å². The monoisotopic (exact) mass is 450 g/mol. The smallest absolute Gasteiger partial charge is 0.310 e. The second-order valence-electron chi connectivity index (χ2n) is 8.52. The Hall–Kier alpha value is -3.11. The molecule has 1 aliphatic carbocycles. The van der Waals surface area contributed by atoms with Gasteiger partial charge in [0, 0.05) is 5.02 Å². The average Bonchev–Trinajstić information content (AvgIpc) is 3.33. The summed E-state index contributed by atoms with van der Waals surface area (Å²) in [5.74, 6) is 0.500. The molecule has 1 saturated carbocycles. The summed E-state index contributed by atoms with van der Waals surface area (Å²) in [6.45, 7) is 4.29. The first-order chi connectivity index (χ1) is 15.3. The van der Waals surface area contributed by atoms with Gasteiger partial charge in [0.2, 0.25) is 0 Å². The predicted molar refractivity (Wildman–Crippen MR) is 124 cm³/mol. The fourth-order valence-corrected chi connectivity index (χ4v) is 4.09. The second-order valence-corrected chi connectivity index (χ2v) is 8.92. The lowest BCUT2D eigenvalue weighted by Crippen LogP contribution is -2.10. The van der Waals surface area contributed by atoms with Crippen molar-refractivity contribution in [1.82, 2.24) is 0 Å². The van der Waals surface area contributed by atoms with Crippen molar-refractivity contribution < 1.29 is 18.7 Å². The second kappa shape index (κ2) is 9.17. The van der Waals surface area contributed by atoms with E-state index >= 15 is 0 Å². The van der Waals surface area contributed by atoms with Gasteiger partial charge in [-0.2, -0.15) is 0 Å². The average molecular weight is 451 g/mol. The van der Waals surface area contributed by atoms with Gasteiger partial charge in [-0.3, -0.25) is 4.79 Å². The van der Waals surface area contributed by atoms with Gasteiger partial charge in [0.15, 0.2) is 0 Å². The molecule has 0 aromatic heterocycles. The molecule has 5 heteroatoms. The van der Waals surface area contributed by atoms with Gasteiger partial charge >= 0.3 is 5.97 Å². The number of halogens is 2. The van der Waals surface area contributed by atoms with E-state index in [4.69, 9.17) is 21.1 Å². The Morgan fingerprint density at radius 2 is 1.78 bits per heavy atom. The highest BCUT2D eigenvalue weighted by atomic mass is 35.5. The number of rotatable bonds is 7. The molecule has 3 aromatic rings. The Morgan fingerprint density at radius 1 is 1.03 bits per heavy atom. The van der Waals surface area contributed by atoms with Crippen LogP contribution in [0.5, 0.6) is 11.5 Å². The molecule has 3 aromatic carbocycles. The van der Waals surface area contributed by atoms with Gasteiger partial charge in [0.25, 0.3) is 0 Å². The highest BCUT2D eigenvalue weighted by molar-refractivity contribution is 6.32. The Morgan fingerprint density at radius 3 is 2.53 bits per heavy atom. The first-order valence-electron chi connectivity index (χ1n) is 10.5. The summed E-state index contributed by atoms with van der Waals surface area (Å²) in [5, 5.41) is 0.684. The zero-order chi connectivity index (χ0) is 22.7. The number of ether oxygens (including phenoxy) is 2. The van der Waals surface area contributed by atoms with Crippen LogP contribution in [0, 0.1) is 23.1 Å². The molecule has 0 N–H and O–H groups in total. The van der Waals surface area contributed by atoms with Crippen molar-refractivity contribution in [2.24, 2.45) is 17.3 Å². The SMILES string of the molecule is CC1(C)C(C=Cc2ccccc2Cl)C1C(=O)OCc1cccc(Oc2ccc(F)cc2)c1. The molecule has 0 heterocycles. The van der Waals surface area contributed by atoms with E-state index < -0.39 is 0 Å². The highest BCUT2D eigenvalue weighted by Crippen LogP contribution is 2.59. The maximum Gasteiger partial charge on any atom is 0.310 e. The molecular formula is C27H24ClFO3. The lowest BCUT2D eigenvalue weighted by Gasteiger charge is -2.09. The van der Waals surface area contributed by atoms with E-state index in [1.807, 2.05) is 54.6 Å². The molecule has 0 aliphatic heterocycles. The molecule has 0 amide bonds. The zero-order valence-corrected chi connectivity index (χ0v) is 18.7. The minimum absolute atomic E-state index is 0.0967. The van der Waals surface area contributed by atoms with Crippen LogP contribution in [-0.2, 0) is 16.1 Å². The lowest BCUT2D eigenvalue weighted by molar-refractivity contribution is -0.147. The molecule has 164 valence electrons. The third-order valence-electron chi connectivity index (χ3n) is 5.88. The molecule has 0 bridgehead atoms. The summed E-state index contributed by atoms with van der Waals surface area (Å²) in [7, 11) is 0. The summed E-state index contributed by atoms with van der Waals surface area (Å²) < 4.78 is 24.4. The number of benzene rings is 3. The third kappa shape index (κ3) is 5.03. The lowest BCUT2D eigenvalue weighted by atomic mass is 10.1. The summed E-state index contributed by atoms with van der Waals surface area (Å²) >= 11 is 6.22. The van der Waals surface area contributed by atoms with Gasteiger partial charge in [-0.1, -0.05) is 67.9 Å². The van der Waals surface area contributed by atoms with Gasteiger partial charge in [0.1, 0.15) is 23.9 Å². The minimum Gasteiger partial charge on any atom is -0.461 e. The molecule has 2 atom stereocenters. The van der Waals surface area contributed by atoms with Crippen LogP contribution >= 0.6 is 11.6 Å². The number of allylic oxidation sites excluding steroid dienone is 1. The maximum absolute atomic E-state index is 13.1. The standard InChI is InChI=1S/C27H24ClFO3/c1-27(2)23(15-10-19-7-3-4-9-24(19)28)25(27)26(30)31-17-18-6-5-8-22(16-18)32-21-13-11-20(29)12-14-21/h3-16,23,25H,17H2,1-2H3. The summed E-state index contributed by atoms with van der Waals surface area (Å²) in [6, 6.07) is 20.7. The minimum atomic E-state index is -0.318. The number of hydrogen-bond acceptors (Lipinski definition) is 3. The molecule has 0 saturated heterocycles. The molecular weight excluding hydrogens is 427 g/mol. The van der Waals surface area contributed by atoms with Crippen LogP contribution in [0.15, 0.2) is 78.9 Å². The maximum atomic E-state index is 13.1. The molecule has 0 radical (unpaired) electrons. The number of esters is 1. The summed E-state index contributed by atoms with van der Waals surface area (Å²) in [5.41, 5.74) is 1.59. The first kappa shape index (κ1) is 22.1. The summed E-state index contributed by atoms with van der Waals surface area (Å²) in [6.07, 6.45) is 4.02. The van der Waals surface area contributed by atoms with E-state index in [1.165, 1.54) is 12.1 Å².